The van der Waals surface area contributed by atoms with Crippen LogP contribution in [-0.2, 0) is 20.9 Å². The fourth-order valence-corrected chi connectivity index (χ4v) is 2.60. The van der Waals surface area contributed by atoms with Gasteiger partial charge in [0.05, 0.1) is 6.10 Å². The van der Waals surface area contributed by atoms with Gasteiger partial charge in [0.1, 0.15) is 0 Å². The first kappa shape index (κ1) is 20.9. The summed E-state index contributed by atoms with van der Waals surface area (Å²) in [6.45, 7) is 9.35. The maximum atomic E-state index is 9.10. The van der Waals surface area contributed by atoms with Gasteiger partial charge in [-0.2, -0.15) is 0 Å². The van der Waals surface area contributed by atoms with Gasteiger partial charge in [0.15, 0.2) is 0 Å². The van der Waals surface area contributed by atoms with Crippen molar-refractivity contribution in [2.75, 3.05) is 31.1 Å². The minimum atomic E-state index is -1.82. The summed E-state index contributed by atoms with van der Waals surface area (Å²) in [5, 5.41) is 18.3. The Balaban J connectivity index is 0.000000450. The van der Waals surface area contributed by atoms with E-state index in [1.807, 2.05) is 0 Å². The molecular formula is C18H28N2O5. The average Bonchev–Trinajstić information content (AvgIpc) is 3.11. The molecule has 3 N–H and O–H groups in total. The van der Waals surface area contributed by atoms with E-state index >= 15 is 0 Å². The van der Waals surface area contributed by atoms with Gasteiger partial charge in [-0.3, -0.25) is 0 Å². The highest BCUT2D eigenvalue weighted by molar-refractivity contribution is 6.27. The summed E-state index contributed by atoms with van der Waals surface area (Å²) < 4.78 is 5.60. The van der Waals surface area contributed by atoms with Gasteiger partial charge in [0.25, 0.3) is 0 Å². The van der Waals surface area contributed by atoms with Crippen LogP contribution in [0.1, 0.15) is 32.3 Å². The normalized spacial score (nSPS) is 16.0. The molecule has 0 bridgehead atoms. The largest absolute Gasteiger partial charge is 0.473 e. The van der Waals surface area contributed by atoms with Gasteiger partial charge in [0, 0.05) is 38.5 Å². The lowest BCUT2D eigenvalue weighted by Gasteiger charge is -2.21. The summed E-state index contributed by atoms with van der Waals surface area (Å²) in [7, 11) is 0. The smallest absolute Gasteiger partial charge is 0.414 e. The van der Waals surface area contributed by atoms with Gasteiger partial charge in [-0.1, -0.05) is 12.1 Å². The molecule has 1 aliphatic heterocycles. The van der Waals surface area contributed by atoms with Crippen molar-refractivity contribution in [3.63, 3.8) is 0 Å². The Morgan fingerprint density at radius 1 is 1.16 bits per heavy atom. The molecule has 140 valence electrons. The van der Waals surface area contributed by atoms with Gasteiger partial charge in [-0.05, 0) is 44.4 Å². The molecule has 1 fully saturated rings. The van der Waals surface area contributed by atoms with Gasteiger partial charge in [-0.25, -0.2) is 9.59 Å². The molecule has 1 atom stereocenters. The quantitative estimate of drug-likeness (QED) is 0.645. The van der Waals surface area contributed by atoms with Crippen LogP contribution < -0.4 is 10.2 Å². The topological polar surface area (TPSA) is 99.1 Å². The third kappa shape index (κ3) is 8.00. The predicted molar refractivity (Wildman–Crippen MR) is 96.0 cm³/mol. The zero-order chi connectivity index (χ0) is 18.7. The summed E-state index contributed by atoms with van der Waals surface area (Å²) >= 11 is 0. The van der Waals surface area contributed by atoms with E-state index in [1.165, 1.54) is 24.1 Å². The SMILES string of the molecule is CCN(CC)c1ccc(CNCC2CCCO2)cc1.O=C(O)C(=O)O. The summed E-state index contributed by atoms with van der Waals surface area (Å²) in [6.07, 6.45) is 2.84. The van der Waals surface area contributed by atoms with Crippen LogP contribution in [0.4, 0.5) is 5.69 Å². The lowest BCUT2D eigenvalue weighted by Crippen LogP contribution is -2.26. The van der Waals surface area contributed by atoms with Crippen LogP contribution in [0.5, 0.6) is 0 Å². The molecule has 0 aromatic heterocycles. The zero-order valence-corrected chi connectivity index (χ0v) is 14.9. The van der Waals surface area contributed by atoms with Gasteiger partial charge in [-0.15, -0.1) is 0 Å². The van der Waals surface area contributed by atoms with E-state index in [0.717, 1.165) is 32.8 Å². The second-order valence-electron chi connectivity index (χ2n) is 5.71. The first-order valence-corrected chi connectivity index (χ1v) is 8.60. The number of nitrogens with one attached hydrogen (secondary N) is 1. The monoisotopic (exact) mass is 352 g/mol. The number of anilines is 1. The molecule has 25 heavy (non-hydrogen) atoms. The maximum Gasteiger partial charge on any atom is 0.414 e. The first-order chi connectivity index (χ1) is 12.0. The lowest BCUT2D eigenvalue weighted by atomic mass is 10.2. The second-order valence-corrected chi connectivity index (χ2v) is 5.71. The molecular weight excluding hydrogens is 324 g/mol. The van der Waals surface area contributed by atoms with Crippen LogP contribution >= 0.6 is 0 Å². The van der Waals surface area contributed by atoms with Crippen LogP contribution in [0.15, 0.2) is 24.3 Å². The molecule has 1 heterocycles. The molecule has 0 spiro atoms. The van der Waals surface area contributed by atoms with E-state index in [1.54, 1.807) is 0 Å². The molecule has 1 unspecified atom stereocenters. The number of carboxylic acids is 2. The Bertz CT molecular complexity index is 511. The predicted octanol–water partition coefficient (Wildman–Crippen LogP) is 1.96. The van der Waals surface area contributed by atoms with E-state index in [0.29, 0.717) is 6.10 Å². The van der Waals surface area contributed by atoms with E-state index < -0.39 is 11.9 Å². The highest BCUT2D eigenvalue weighted by atomic mass is 16.5. The van der Waals surface area contributed by atoms with Crippen LogP contribution in [-0.4, -0.2) is 54.5 Å². The summed E-state index contributed by atoms with van der Waals surface area (Å²) in [5.41, 5.74) is 2.65. The molecule has 0 aliphatic carbocycles. The van der Waals surface area contributed by atoms with E-state index in [2.05, 4.69) is 48.3 Å². The van der Waals surface area contributed by atoms with Crippen molar-refractivity contribution in [1.29, 1.82) is 0 Å². The van der Waals surface area contributed by atoms with E-state index in [-0.39, 0.29) is 0 Å². The summed E-state index contributed by atoms with van der Waals surface area (Å²) in [6, 6.07) is 8.87. The Morgan fingerprint density at radius 2 is 1.76 bits per heavy atom. The van der Waals surface area contributed by atoms with Gasteiger partial charge in [0.2, 0.25) is 0 Å². The first-order valence-electron chi connectivity index (χ1n) is 8.60. The summed E-state index contributed by atoms with van der Waals surface area (Å²) in [5.74, 6) is -3.65. The molecule has 7 nitrogen and oxygen atoms in total. The molecule has 0 saturated carbocycles. The number of rotatable bonds is 7. The van der Waals surface area contributed by atoms with Crippen molar-refractivity contribution in [1.82, 2.24) is 5.32 Å². The number of ether oxygens (including phenoxy) is 1. The number of carboxylic acid groups (broad SMARTS) is 2. The Hall–Kier alpha value is -2.12. The Morgan fingerprint density at radius 3 is 2.20 bits per heavy atom. The second kappa shape index (κ2) is 11.4. The fraction of sp³-hybridized carbons (Fsp3) is 0.556. The maximum absolute atomic E-state index is 9.10. The van der Waals surface area contributed by atoms with Crippen molar-refractivity contribution in [3.05, 3.63) is 29.8 Å². The molecule has 1 aromatic carbocycles. The number of nitrogens with zero attached hydrogens (tertiary/aromatic N) is 1. The molecule has 1 aliphatic rings. The van der Waals surface area contributed by atoms with Gasteiger partial charge >= 0.3 is 11.9 Å². The van der Waals surface area contributed by atoms with Gasteiger partial charge < -0.3 is 25.2 Å². The zero-order valence-electron chi connectivity index (χ0n) is 14.9. The molecule has 1 aromatic rings. The van der Waals surface area contributed by atoms with Crippen molar-refractivity contribution in [2.45, 2.75) is 39.3 Å². The number of carbonyl (C=O) groups is 2. The Labute approximate surface area is 148 Å². The minimum absolute atomic E-state index is 0.426. The van der Waals surface area contributed by atoms with Crippen LogP contribution in [0, 0.1) is 0 Å². The third-order valence-corrected chi connectivity index (χ3v) is 3.97. The van der Waals surface area contributed by atoms with E-state index in [9.17, 15) is 0 Å². The van der Waals surface area contributed by atoms with Crippen molar-refractivity contribution in [3.8, 4) is 0 Å². The number of hydrogen-bond acceptors (Lipinski definition) is 5. The Kier molecular flexibility index (Phi) is 9.57. The summed E-state index contributed by atoms with van der Waals surface area (Å²) in [4.78, 5) is 20.6. The number of hydrogen-bond donors (Lipinski definition) is 3. The third-order valence-electron chi connectivity index (χ3n) is 3.97. The van der Waals surface area contributed by atoms with Crippen molar-refractivity contribution >= 4 is 17.6 Å². The number of aliphatic carboxylic acids is 2. The van der Waals surface area contributed by atoms with E-state index in [4.69, 9.17) is 24.5 Å². The molecule has 2 rings (SSSR count). The van der Waals surface area contributed by atoms with Crippen molar-refractivity contribution < 1.29 is 24.5 Å². The molecule has 7 heteroatoms. The van der Waals surface area contributed by atoms with Crippen LogP contribution in [0.25, 0.3) is 0 Å². The number of benzene rings is 1. The standard InChI is InChI=1S/C16H26N2O.C2H2O4/c1-3-18(4-2)15-9-7-14(8-10-15)12-17-13-16-6-5-11-19-16;3-1(4)2(5)6/h7-10,16-17H,3-6,11-13H2,1-2H3;(H,3,4)(H,5,6). The molecule has 1 saturated heterocycles. The highest BCUT2D eigenvalue weighted by Crippen LogP contribution is 2.15. The molecule has 0 amide bonds. The van der Waals surface area contributed by atoms with Crippen molar-refractivity contribution in [2.24, 2.45) is 0 Å². The van der Waals surface area contributed by atoms with Crippen LogP contribution in [0.2, 0.25) is 0 Å². The van der Waals surface area contributed by atoms with Crippen LogP contribution in [0.3, 0.4) is 0 Å². The average molecular weight is 352 g/mol. The minimum Gasteiger partial charge on any atom is -0.473 e. The lowest BCUT2D eigenvalue weighted by molar-refractivity contribution is -0.159. The molecule has 0 radical (unpaired) electrons. The fourth-order valence-electron chi connectivity index (χ4n) is 2.60. The highest BCUT2D eigenvalue weighted by Gasteiger charge is 2.14.